The normalized spacial score (nSPS) is 11.3. The van der Waals surface area contributed by atoms with Crippen LogP contribution in [0, 0.1) is 6.92 Å². The van der Waals surface area contributed by atoms with Gasteiger partial charge in [0.15, 0.2) is 0 Å². The van der Waals surface area contributed by atoms with Crippen LogP contribution in [0.3, 0.4) is 0 Å². The van der Waals surface area contributed by atoms with Crippen LogP contribution in [0.5, 0.6) is 0 Å². The van der Waals surface area contributed by atoms with Crippen LogP contribution < -0.4 is 11.5 Å². The van der Waals surface area contributed by atoms with Crippen molar-refractivity contribution in [3.05, 3.63) is 71.8 Å². The summed E-state index contributed by atoms with van der Waals surface area (Å²) in [6.45, 7) is 2.95. The molecule has 3 heteroatoms. The molecule has 23 heavy (non-hydrogen) atoms. The molecular formula is C20H19N3. The summed E-state index contributed by atoms with van der Waals surface area (Å²) in [6.07, 6.45) is 0. The summed E-state index contributed by atoms with van der Waals surface area (Å²) in [5.41, 5.74) is 18.5. The number of nitrogens with zero attached hydrogens (tertiary/aromatic N) is 1. The van der Waals surface area contributed by atoms with E-state index in [1.54, 1.807) is 0 Å². The van der Waals surface area contributed by atoms with Crippen molar-refractivity contribution in [2.45, 2.75) is 13.5 Å². The smallest absolute Gasteiger partial charge is 0.0515 e. The number of hydrogen-bond donors (Lipinski definition) is 2. The molecule has 0 aliphatic carbocycles. The summed E-state index contributed by atoms with van der Waals surface area (Å²) in [4.78, 5) is 0. The Bertz CT molecular complexity index is 969. The minimum atomic E-state index is 0.777. The first-order valence-electron chi connectivity index (χ1n) is 7.75. The molecule has 3 nitrogen and oxygen atoms in total. The van der Waals surface area contributed by atoms with Gasteiger partial charge in [-0.3, -0.25) is 0 Å². The van der Waals surface area contributed by atoms with Crippen molar-refractivity contribution in [1.82, 2.24) is 4.57 Å². The van der Waals surface area contributed by atoms with Gasteiger partial charge in [-0.05, 0) is 42.3 Å². The third kappa shape index (κ3) is 2.21. The molecule has 4 N–H and O–H groups in total. The minimum absolute atomic E-state index is 0.777. The van der Waals surface area contributed by atoms with Crippen molar-refractivity contribution in [3.8, 4) is 0 Å². The quantitative estimate of drug-likeness (QED) is 0.542. The fraction of sp³-hybridized carbons (Fsp3) is 0.100. The monoisotopic (exact) mass is 301 g/mol. The molecule has 4 aromatic rings. The Kier molecular flexibility index (Phi) is 3.01. The molecular weight excluding hydrogens is 282 g/mol. The number of anilines is 2. The fourth-order valence-corrected chi connectivity index (χ4v) is 3.26. The number of aromatic nitrogens is 1. The first-order valence-corrected chi connectivity index (χ1v) is 7.75. The zero-order chi connectivity index (χ0) is 16.0. The van der Waals surface area contributed by atoms with Gasteiger partial charge in [0.05, 0.1) is 11.0 Å². The molecule has 114 valence electrons. The number of fused-ring (bicyclic) bond motifs is 3. The average Bonchev–Trinajstić information content (AvgIpc) is 2.82. The summed E-state index contributed by atoms with van der Waals surface area (Å²) < 4.78 is 2.31. The molecule has 0 aliphatic rings. The van der Waals surface area contributed by atoms with Gasteiger partial charge >= 0.3 is 0 Å². The first kappa shape index (κ1) is 13.7. The van der Waals surface area contributed by atoms with Crippen molar-refractivity contribution in [2.24, 2.45) is 0 Å². The molecule has 1 aromatic heterocycles. The lowest BCUT2D eigenvalue weighted by Gasteiger charge is -2.11. The highest BCUT2D eigenvalue weighted by molar-refractivity contribution is 6.09. The second-order valence-electron chi connectivity index (χ2n) is 6.07. The zero-order valence-electron chi connectivity index (χ0n) is 13.1. The molecule has 0 saturated carbocycles. The van der Waals surface area contributed by atoms with E-state index in [4.69, 9.17) is 11.5 Å². The van der Waals surface area contributed by atoms with E-state index in [1.165, 1.54) is 21.9 Å². The van der Waals surface area contributed by atoms with Crippen molar-refractivity contribution in [1.29, 1.82) is 0 Å². The molecule has 0 aliphatic heterocycles. The second kappa shape index (κ2) is 5.06. The van der Waals surface area contributed by atoms with Gasteiger partial charge in [-0.25, -0.2) is 0 Å². The highest BCUT2D eigenvalue weighted by Gasteiger charge is 2.12. The number of aryl methyl sites for hydroxylation is 1. The van der Waals surface area contributed by atoms with Crippen LogP contribution in [0.1, 0.15) is 11.1 Å². The SMILES string of the molecule is Cc1ccccc1Cn1c2cc(N)ccc2c2ccc(N)cc21. The standard InChI is InChI=1S/C20H19N3/c1-13-4-2-3-5-14(13)12-23-19-10-15(21)6-8-17(19)18-9-7-16(22)11-20(18)23/h2-11H,12,21-22H2,1H3. The van der Waals surface area contributed by atoms with Crippen LogP contribution in [-0.4, -0.2) is 4.57 Å². The number of nitrogens with two attached hydrogens (primary N) is 2. The maximum absolute atomic E-state index is 6.03. The topological polar surface area (TPSA) is 57.0 Å². The Hall–Kier alpha value is -2.94. The van der Waals surface area contributed by atoms with Crippen molar-refractivity contribution in [2.75, 3.05) is 11.5 Å². The third-order valence-electron chi connectivity index (χ3n) is 4.51. The summed E-state index contributed by atoms with van der Waals surface area (Å²) >= 11 is 0. The van der Waals surface area contributed by atoms with E-state index in [9.17, 15) is 0 Å². The van der Waals surface area contributed by atoms with Crippen LogP contribution in [0.2, 0.25) is 0 Å². The fourth-order valence-electron chi connectivity index (χ4n) is 3.26. The van der Waals surface area contributed by atoms with Crippen LogP contribution >= 0.6 is 0 Å². The van der Waals surface area contributed by atoms with E-state index in [2.05, 4.69) is 47.9 Å². The summed E-state index contributed by atoms with van der Waals surface area (Å²) in [5, 5.41) is 2.42. The Morgan fingerprint density at radius 1 is 0.783 bits per heavy atom. The number of benzene rings is 3. The highest BCUT2D eigenvalue weighted by Crippen LogP contribution is 2.32. The van der Waals surface area contributed by atoms with E-state index < -0.39 is 0 Å². The van der Waals surface area contributed by atoms with Crippen molar-refractivity contribution in [3.63, 3.8) is 0 Å². The van der Waals surface area contributed by atoms with Crippen LogP contribution in [0.25, 0.3) is 21.8 Å². The van der Waals surface area contributed by atoms with E-state index in [0.29, 0.717) is 0 Å². The van der Waals surface area contributed by atoms with Gasteiger partial charge in [-0.2, -0.15) is 0 Å². The molecule has 0 saturated heterocycles. The van der Waals surface area contributed by atoms with Crippen LogP contribution in [0.4, 0.5) is 11.4 Å². The lowest BCUT2D eigenvalue weighted by Crippen LogP contribution is -2.01. The summed E-state index contributed by atoms with van der Waals surface area (Å²) in [7, 11) is 0. The van der Waals surface area contributed by atoms with Gasteiger partial charge in [-0.1, -0.05) is 36.4 Å². The summed E-state index contributed by atoms with van der Waals surface area (Å²) in [6, 6.07) is 20.7. The molecule has 3 aromatic carbocycles. The maximum atomic E-state index is 6.03. The summed E-state index contributed by atoms with van der Waals surface area (Å²) in [5.74, 6) is 0. The van der Waals surface area contributed by atoms with Gasteiger partial charge in [-0.15, -0.1) is 0 Å². The van der Waals surface area contributed by atoms with Crippen LogP contribution in [-0.2, 0) is 6.54 Å². The highest BCUT2D eigenvalue weighted by atomic mass is 15.0. The van der Waals surface area contributed by atoms with Gasteiger partial charge in [0.1, 0.15) is 0 Å². The Labute approximate surface area is 135 Å². The predicted molar refractivity (Wildman–Crippen MR) is 98.5 cm³/mol. The third-order valence-corrected chi connectivity index (χ3v) is 4.51. The molecule has 0 unspecified atom stereocenters. The van der Waals surface area contributed by atoms with E-state index >= 15 is 0 Å². The maximum Gasteiger partial charge on any atom is 0.0515 e. The molecule has 1 heterocycles. The second-order valence-corrected chi connectivity index (χ2v) is 6.07. The zero-order valence-corrected chi connectivity index (χ0v) is 13.1. The van der Waals surface area contributed by atoms with E-state index in [-0.39, 0.29) is 0 Å². The number of nitrogen functional groups attached to an aromatic ring is 2. The molecule has 4 rings (SSSR count). The minimum Gasteiger partial charge on any atom is -0.399 e. The number of hydrogen-bond acceptors (Lipinski definition) is 2. The lowest BCUT2D eigenvalue weighted by molar-refractivity contribution is 0.861. The van der Waals surface area contributed by atoms with E-state index in [1.807, 2.05) is 24.3 Å². The van der Waals surface area contributed by atoms with Gasteiger partial charge in [0.25, 0.3) is 0 Å². The Balaban J connectivity index is 2.04. The van der Waals surface area contributed by atoms with E-state index in [0.717, 1.165) is 29.0 Å². The Morgan fingerprint density at radius 3 is 1.91 bits per heavy atom. The molecule has 0 fully saturated rings. The van der Waals surface area contributed by atoms with Crippen LogP contribution in [0.15, 0.2) is 60.7 Å². The molecule has 0 amide bonds. The number of rotatable bonds is 2. The predicted octanol–water partition coefficient (Wildman–Crippen LogP) is 4.32. The van der Waals surface area contributed by atoms with Gasteiger partial charge in [0, 0.05) is 28.7 Å². The largest absolute Gasteiger partial charge is 0.399 e. The van der Waals surface area contributed by atoms with Crippen molar-refractivity contribution < 1.29 is 0 Å². The van der Waals surface area contributed by atoms with Gasteiger partial charge < -0.3 is 16.0 Å². The Morgan fingerprint density at radius 2 is 1.35 bits per heavy atom. The van der Waals surface area contributed by atoms with Gasteiger partial charge in [0.2, 0.25) is 0 Å². The average molecular weight is 301 g/mol. The molecule has 0 atom stereocenters. The molecule has 0 spiro atoms. The van der Waals surface area contributed by atoms with Crippen molar-refractivity contribution >= 4 is 33.2 Å². The first-order chi connectivity index (χ1) is 11.1. The lowest BCUT2D eigenvalue weighted by atomic mass is 10.1. The molecule has 0 radical (unpaired) electrons. The molecule has 0 bridgehead atoms.